The van der Waals surface area contributed by atoms with E-state index in [-0.39, 0.29) is 17.9 Å². The number of rotatable bonds is 8. The minimum absolute atomic E-state index is 0.0586. The van der Waals surface area contributed by atoms with Crippen LogP contribution in [0.15, 0.2) is 0 Å². The summed E-state index contributed by atoms with van der Waals surface area (Å²) in [7, 11) is 0. The van der Waals surface area contributed by atoms with E-state index < -0.39 is 0 Å². The third-order valence-corrected chi connectivity index (χ3v) is 3.82. The molecule has 1 unspecified atom stereocenters. The van der Waals surface area contributed by atoms with Gasteiger partial charge in [0.15, 0.2) is 0 Å². The van der Waals surface area contributed by atoms with Gasteiger partial charge in [0.05, 0.1) is 12.0 Å². The molecule has 1 aliphatic rings. The molecule has 0 aromatic carbocycles. The highest BCUT2D eigenvalue weighted by Crippen LogP contribution is 2.27. The second-order valence-electron chi connectivity index (χ2n) is 5.56. The van der Waals surface area contributed by atoms with Gasteiger partial charge in [-0.25, -0.2) is 0 Å². The summed E-state index contributed by atoms with van der Waals surface area (Å²) in [6.07, 6.45) is 5.54. The van der Waals surface area contributed by atoms with Crippen molar-refractivity contribution in [3.63, 3.8) is 0 Å². The number of aliphatic hydroxyl groups is 1. The lowest BCUT2D eigenvalue weighted by Crippen LogP contribution is -2.45. The van der Waals surface area contributed by atoms with Crippen LogP contribution in [-0.4, -0.2) is 48.7 Å². The first kappa shape index (κ1) is 15.4. The van der Waals surface area contributed by atoms with Gasteiger partial charge >= 0.3 is 0 Å². The molecular formula is C14H28N2O2. The Hall–Kier alpha value is -0.610. The second kappa shape index (κ2) is 7.74. The summed E-state index contributed by atoms with van der Waals surface area (Å²) in [5.41, 5.74) is -0.264. The lowest BCUT2D eigenvalue weighted by molar-refractivity contribution is -0.140. The first-order valence-electron chi connectivity index (χ1n) is 7.25. The highest BCUT2D eigenvalue weighted by Gasteiger charge is 2.38. The average Bonchev–Trinajstić information content (AvgIpc) is 2.80. The molecule has 4 heteroatoms. The lowest BCUT2D eigenvalue weighted by atomic mass is 9.88. The summed E-state index contributed by atoms with van der Waals surface area (Å²) < 4.78 is 0. The quantitative estimate of drug-likeness (QED) is 0.645. The van der Waals surface area contributed by atoms with Crippen molar-refractivity contribution in [3.8, 4) is 0 Å². The smallest absolute Gasteiger partial charge is 0.229 e. The maximum Gasteiger partial charge on any atom is 0.229 e. The summed E-state index contributed by atoms with van der Waals surface area (Å²) in [6.45, 7) is 7.22. The molecule has 18 heavy (non-hydrogen) atoms. The maximum atomic E-state index is 12.5. The second-order valence-corrected chi connectivity index (χ2v) is 5.56. The highest BCUT2D eigenvalue weighted by atomic mass is 16.3. The normalized spacial score (nSPS) is 23.3. The fourth-order valence-electron chi connectivity index (χ4n) is 2.55. The molecule has 0 saturated carbocycles. The Bertz CT molecular complexity index is 250. The molecule has 0 aromatic heterocycles. The van der Waals surface area contributed by atoms with Gasteiger partial charge in [-0.15, -0.1) is 0 Å². The number of hydrogen-bond donors (Lipinski definition) is 2. The standard InChI is InChI=1S/C14H28N2O2/c1-3-4-5-6-9-16(10-11-17)13(18)14(2)7-8-15-12-14/h15,17H,3-12H2,1-2H3. The first-order chi connectivity index (χ1) is 8.64. The predicted octanol–water partition coefficient (Wildman–Crippen LogP) is 1.39. The third-order valence-electron chi connectivity index (χ3n) is 3.82. The Kier molecular flexibility index (Phi) is 6.65. The Morgan fingerprint density at radius 1 is 1.33 bits per heavy atom. The van der Waals surface area contributed by atoms with Crippen LogP contribution in [0, 0.1) is 5.41 Å². The highest BCUT2D eigenvalue weighted by molar-refractivity contribution is 5.83. The van der Waals surface area contributed by atoms with E-state index in [1.165, 1.54) is 19.3 Å². The van der Waals surface area contributed by atoms with Crippen molar-refractivity contribution in [2.24, 2.45) is 5.41 Å². The molecule has 0 spiro atoms. The van der Waals surface area contributed by atoms with Crippen molar-refractivity contribution in [2.45, 2.75) is 46.0 Å². The van der Waals surface area contributed by atoms with Crippen molar-refractivity contribution in [3.05, 3.63) is 0 Å². The van der Waals surface area contributed by atoms with Crippen LogP contribution in [0.3, 0.4) is 0 Å². The van der Waals surface area contributed by atoms with Crippen LogP contribution in [0.25, 0.3) is 0 Å². The Morgan fingerprint density at radius 3 is 2.67 bits per heavy atom. The molecule has 1 aliphatic heterocycles. The zero-order valence-corrected chi connectivity index (χ0v) is 11.9. The van der Waals surface area contributed by atoms with Gasteiger partial charge < -0.3 is 15.3 Å². The molecule has 2 N–H and O–H groups in total. The first-order valence-corrected chi connectivity index (χ1v) is 7.25. The van der Waals surface area contributed by atoms with E-state index in [9.17, 15) is 4.79 Å². The van der Waals surface area contributed by atoms with Crippen LogP contribution in [-0.2, 0) is 4.79 Å². The van der Waals surface area contributed by atoms with Crippen molar-refractivity contribution >= 4 is 5.91 Å². The van der Waals surface area contributed by atoms with Gasteiger partial charge in [-0.2, -0.15) is 0 Å². The topological polar surface area (TPSA) is 52.6 Å². The van der Waals surface area contributed by atoms with E-state index in [1.807, 2.05) is 11.8 Å². The summed E-state index contributed by atoms with van der Waals surface area (Å²) in [4.78, 5) is 14.3. The van der Waals surface area contributed by atoms with Crippen molar-refractivity contribution < 1.29 is 9.90 Å². The van der Waals surface area contributed by atoms with Crippen LogP contribution < -0.4 is 5.32 Å². The Morgan fingerprint density at radius 2 is 2.11 bits per heavy atom. The van der Waals surface area contributed by atoms with Crippen LogP contribution in [0.4, 0.5) is 0 Å². The molecule has 1 heterocycles. The van der Waals surface area contributed by atoms with Crippen LogP contribution in [0.1, 0.15) is 46.0 Å². The monoisotopic (exact) mass is 256 g/mol. The Balaban J connectivity index is 2.46. The van der Waals surface area contributed by atoms with Crippen LogP contribution in [0.5, 0.6) is 0 Å². The van der Waals surface area contributed by atoms with E-state index in [1.54, 1.807) is 0 Å². The minimum atomic E-state index is -0.264. The Labute approximate surface area is 111 Å². The van der Waals surface area contributed by atoms with E-state index in [4.69, 9.17) is 5.11 Å². The number of nitrogens with one attached hydrogen (secondary N) is 1. The zero-order chi connectivity index (χ0) is 13.4. The molecule has 1 saturated heterocycles. The predicted molar refractivity (Wildman–Crippen MR) is 73.4 cm³/mol. The minimum Gasteiger partial charge on any atom is -0.395 e. The molecule has 1 atom stereocenters. The molecular weight excluding hydrogens is 228 g/mol. The molecule has 4 nitrogen and oxygen atoms in total. The van der Waals surface area contributed by atoms with Gasteiger partial charge in [0, 0.05) is 19.6 Å². The van der Waals surface area contributed by atoms with Gasteiger partial charge in [0.25, 0.3) is 0 Å². The van der Waals surface area contributed by atoms with Gasteiger partial charge in [0.2, 0.25) is 5.91 Å². The van der Waals surface area contributed by atoms with E-state index in [0.717, 1.165) is 32.5 Å². The largest absolute Gasteiger partial charge is 0.395 e. The molecule has 1 amide bonds. The number of carbonyl (C=O) groups excluding carboxylic acids is 1. The van der Waals surface area contributed by atoms with Crippen LogP contribution in [0.2, 0.25) is 0 Å². The number of amides is 1. The summed E-state index contributed by atoms with van der Waals surface area (Å²) in [5.74, 6) is 0.207. The van der Waals surface area contributed by atoms with Crippen LogP contribution >= 0.6 is 0 Å². The molecule has 0 aromatic rings. The molecule has 106 valence electrons. The maximum absolute atomic E-state index is 12.5. The van der Waals surface area contributed by atoms with Crippen molar-refractivity contribution in [1.82, 2.24) is 10.2 Å². The van der Waals surface area contributed by atoms with E-state index >= 15 is 0 Å². The molecule has 1 rings (SSSR count). The molecule has 0 aliphatic carbocycles. The SMILES string of the molecule is CCCCCCN(CCO)C(=O)C1(C)CCNC1. The zero-order valence-electron chi connectivity index (χ0n) is 11.9. The number of carbonyl (C=O) groups is 1. The van der Waals surface area contributed by atoms with Gasteiger partial charge in [-0.3, -0.25) is 4.79 Å². The molecule has 0 radical (unpaired) electrons. The van der Waals surface area contributed by atoms with Gasteiger partial charge in [-0.05, 0) is 26.3 Å². The number of nitrogens with zero attached hydrogens (tertiary/aromatic N) is 1. The van der Waals surface area contributed by atoms with Crippen molar-refractivity contribution in [2.75, 3.05) is 32.8 Å². The summed E-state index contributed by atoms with van der Waals surface area (Å²) in [6, 6.07) is 0. The van der Waals surface area contributed by atoms with E-state index in [0.29, 0.717) is 6.54 Å². The summed E-state index contributed by atoms with van der Waals surface area (Å²) >= 11 is 0. The lowest BCUT2D eigenvalue weighted by Gasteiger charge is -2.31. The number of unbranched alkanes of at least 4 members (excludes halogenated alkanes) is 3. The fourth-order valence-corrected chi connectivity index (χ4v) is 2.55. The summed E-state index contributed by atoms with van der Waals surface area (Å²) in [5, 5.41) is 12.4. The molecule has 1 fully saturated rings. The van der Waals surface area contributed by atoms with E-state index in [2.05, 4.69) is 12.2 Å². The van der Waals surface area contributed by atoms with Gasteiger partial charge in [0.1, 0.15) is 0 Å². The van der Waals surface area contributed by atoms with Crippen molar-refractivity contribution in [1.29, 1.82) is 0 Å². The number of aliphatic hydroxyl groups excluding tert-OH is 1. The van der Waals surface area contributed by atoms with Gasteiger partial charge in [-0.1, -0.05) is 26.2 Å². The molecule has 0 bridgehead atoms. The third kappa shape index (κ3) is 4.25. The average molecular weight is 256 g/mol. The number of hydrogen-bond acceptors (Lipinski definition) is 3. The fraction of sp³-hybridized carbons (Fsp3) is 0.929.